The van der Waals surface area contributed by atoms with E-state index in [-0.39, 0.29) is 36.9 Å². The lowest BCUT2D eigenvalue weighted by molar-refractivity contribution is -0.135. The maximum Gasteiger partial charge on any atom is 0.244 e. The molecule has 2 aromatic rings. The second-order valence-electron chi connectivity index (χ2n) is 7.20. The Bertz CT molecular complexity index is 887. The Morgan fingerprint density at radius 2 is 2.03 bits per heavy atom. The summed E-state index contributed by atoms with van der Waals surface area (Å²) in [4.78, 5) is 40.6. The van der Waals surface area contributed by atoms with Crippen molar-refractivity contribution >= 4 is 35.0 Å². The molecular formula is C21H25ClN4O4. The van der Waals surface area contributed by atoms with Gasteiger partial charge in [-0.1, -0.05) is 23.7 Å². The maximum absolute atomic E-state index is 12.6. The standard InChI is InChI=1S/C21H25ClN4O4/c1-25(13-19(27)24-17-8-3-2-7-16(17)22)20(28)14-26-10-4-9-18(26)21(29)23-12-15-6-5-11-30-15/h2-3,5-8,11,18H,4,9-10,12-14H2,1H3,(H,23,29)(H,24,27). The van der Waals surface area contributed by atoms with Crippen molar-refractivity contribution in [3.63, 3.8) is 0 Å². The number of hydrogen-bond acceptors (Lipinski definition) is 5. The minimum atomic E-state index is -0.366. The van der Waals surface area contributed by atoms with E-state index in [1.54, 1.807) is 49.7 Å². The minimum absolute atomic E-state index is 0.0781. The highest BCUT2D eigenvalue weighted by Crippen LogP contribution is 2.20. The summed E-state index contributed by atoms with van der Waals surface area (Å²) in [5.41, 5.74) is 0.498. The van der Waals surface area contributed by atoms with Gasteiger partial charge in [0.05, 0.1) is 42.6 Å². The number of carbonyl (C=O) groups is 3. The molecule has 1 atom stereocenters. The van der Waals surface area contributed by atoms with Gasteiger partial charge in [0.1, 0.15) is 5.76 Å². The van der Waals surface area contributed by atoms with Gasteiger partial charge < -0.3 is 20.0 Å². The Hall–Kier alpha value is -2.84. The Morgan fingerprint density at radius 3 is 2.77 bits per heavy atom. The number of hydrogen-bond donors (Lipinski definition) is 2. The smallest absolute Gasteiger partial charge is 0.244 e. The largest absolute Gasteiger partial charge is 0.467 e. The summed E-state index contributed by atoms with van der Waals surface area (Å²) < 4.78 is 5.22. The van der Waals surface area contributed by atoms with Crippen LogP contribution in [0.5, 0.6) is 0 Å². The highest BCUT2D eigenvalue weighted by molar-refractivity contribution is 6.33. The third kappa shape index (κ3) is 5.84. The van der Waals surface area contributed by atoms with E-state index in [0.717, 1.165) is 6.42 Å². The molecule has 0 spiro atoms. The molecule has 1 aliphatic rings. The van der Waals surface area contributed by atoms with Gasteiger partial charge in [0, 0.05) is 7.05 Å². The summed E-state index contributed by atoms with van der Waals surface area (Å²) in [5, 5.41) is 5.97. The van der Waals surface area contributed by atoms with Crippen LogP contribution in [-0.2, 0) is 20.9 Å². The normalized spacial score (nSPS) is 16.3. The number of carbonyl (C=O) groups excluding carboxylic acids is 3. The second kappa shape index (κ2) is 10.3. The number of anilines is 1. The lowest BCUT2D eigenvalue weighted by atomic mass is 10.2. The van der Waals surface area contributed by atoms with Crippen LogP contribution >= 0.6 is 11.6 Å². The van der Waals surface area contributed by atoms with E-state index in [1.807, 2.05) is 4.90 Å². The lowest BCUT2D eigenvalue weighted by Crippen LogP contribution is -2.48. The van der Waals surface area contributed by atoms with E-state index in [2.05, 4.69) is 10.6 Å². The molecule has 2 N–H and O–H groups in total. The van der Waals surface area contributed by atoms with E-state index in [1.165, 1.54) is 4.90 Å². The number of nitrogens with one attached hydrogen (secondary N) is 2. The molecular weight excluding hydrogens is 408 g/mol. The summed E-state index contributed by atoms with van der Waals surface area (Å²) in [5.74, 6) is -0.0211. The quantitative estimate of drug-likeness (QED) is 0.666. The highest BCUT2D eigenvalue weighted by atomic mass is 35.5. The number of benzene rings is 1. The molecule has 3 rings (SSSR count). The summed E-state index contributed by atoms with van der Waals surface area (Å²) in [6.45, 7) is 0.943. The van der Waals surface area contributed by atoms with Gasteiger partial charge in [-0.05, 0) is 43.7 Å². The van der Waals surface area contributed by atoms with Crippen LogP contribution in [-0.4, -0.2) is 60.2 Å². The zero-order chi connectivity index (χ0) is 21.5. The van der Waals surface area contributed by atoms with Crippen LogP contribution in [0.25, 0.3) is 0 Å². The molecule has 0 saturated carbocycles. The average molecular weight is 433 g/mol. The van der Waals surface area contributed by atoms with Crippen LogP contribution < -0.4 is 10.6 Å². The molecule has 0 radical (unpaired) electrons. The van der Waals surface area contributed by atoms with Crippen LogP contribution in [0.15, 0.2) is 47.1 Å². The molecule has 1 aliphatic heterocycles. The molecule has 0 bridgehead atoms. The maximum atomic E-state index is 12.6. The molecule has 9 heteroatoms. The number of halogens is 1. The fraction of sp³-hybridized carbons (Fsp3) is 0.381. The predicted octanol–water partition coefficient (Wildman–Crippen LogP) is 2.11. The number of amides is 3. The van der Waals surface area contributed by atoms with Crippen molar-refractivity contribution in [2.45, 2.75) is 25.4 Å². The van der Waals surface area contributed by atoms with Crippen molar-refractivity contribution in [2.75, 3.05) is 32.0 Å². The van der Waals surface area contributed by atoms with E-state index >= 15 is 0 Å². The highest BCUT2D eigenvalue weighted by Gasteiger charge is 2.32. The molecule has 1 saturated heterocycles. The molecule has 1 unspecified atom stereocenters. The first kappa shape index (κ1) is 21.9. The topological polar surface area (TPSA) is 94.9 Å². The first-order valence-corrected chi connectivity index (χ1v) is 10.1. The molecule has 1 aromatic carbocycles. The van der Waals surface area contributed by atoms with Gasteiger partial charge in [-0.15, -0.1) is 0 Å². The molecule has 1 fully saturated rings. The Labute approximate surface area is 180 Å². The van der Waals surface area contributed by atoms with E-state index in [4.69, 9.17) is 16.0 Å². The van der Waals surface area contributed by atoms with Gasteiger partial charge >= 0.3 is 0 Å². The number of rotatable bonds is 8. The third-order valence-corrected chi connectivity index (χ3v) is 5.31. The zero-order valence-electron chi connectivity index (χ0n) is 16.8. The van der Waals surface area contributed by atoms with Crippen LogP contribution in [0.1, 0.15) is 18.6 Å². The molecule has 3 amide bonds. The van der Waals surface area contributed by atoms with Crippen molar-refractivity contribution in [2.24, 2.45) is 0 Å². The van der Waals surface area contributed by atoms with Gasteiger partial charge in [-0.2, -0.15) is 0 Å². The number of nitrogens with zero attached hydrogens (tertiary/aromatic N) is 2. The van der Waals surface area contributed by atoms with Gasteiger partial charge in [0.2, 0.25) is 17.7 Å². The van der Waals surface area contributed by atoms with E-state index in [9.17, 15) is 14.4 Å². The fourth-order valence-electron chi connectivity index (χ4n) is 3.37. The van der Waals surface area contributed by atoms with Crippen LogP contribution in [0.4, 0.5) is 5.69 Å². The van der Waals surface area contributed by atoms with Crippen molar-refractivity contribution in [3.05, 3.63) is 53.4 Å². The Kier molecular flexibility index (Phi) is 7.48. The SMILES string of the molecule is CN(CC(=O)Nc1ccccc1Cl)C(=O)CN1CCCC1C(=O)NCc1ccco1. The van der Waals surface area contributed by atoms with Crippen molar-refractivity contribution in [1.82, 2.24) is 15.1 Å². The van der Waals surface area contributed by atoms with Gasteiger partial charge in [0.25, 0.3) is 0 Å². The van der Waals surface area contributed by atoms with E-state index in [0.29, 0.717) is 36.0 Å². The monoisotopic (exact) mass is 432 g/mol. The van der Waals surface area contributed by atoms with Crippen molar-refractivity contribution in [1.29, 1.82) is 0 Å². The van der Waals surface area contributed by atoms with E-state index < -0.39 is 0 Å². The molecule has 8 nitrogen and oxygen atoms in total. The number of likely N-dealkylation sites (tertiary alicyclic amines) is 1. The fourth-order valence-corrected chi connectivity index (χ4v) is 3.55. The predicted molar refractivity (Wildman–Crippen MR) is 113 cm³/mol. The number of para-hydroxylation sites is 1. The summed E-state index contributed by atoms with van der Waals surface area (Å²) >= 11 is 6.04. The second-order valence-corrected chi connectivity index (χ2v) is 7.61. The first-order chi connectivity index (χ1) is 14.4. The average Bonchev–Trinajstić information content (AvgIpc) is 3.39. The number of furan rings is 1. The van der Waals surface area contributed by atoms with Crippen molar-refractivity contribution in [3.8, 4) is 0 Å². The summed E-state index contributed by atoms with van der Waals surface area (Å²) in [6.07, 6.45) is 3.08. The molecule has 160 valence electrons. The van der Waals surface area contributed by atoms with Crippen molar-refractivity contribution < 1.29 is 18.8 Å². The summed E-state index contributed by atoms with van der Waals surface area (Å²) in [7, 11) is 1.57. The molecule has 30 heavy (non-hydrogen) atoms. The van der Waals surface area contributed by atoms with Gasteiger partial charge in [-0.25, -0.2) is 0 Å². The Morgan fingerprint density at radius 1 is 1.23 bits per heavy atom. The first-order valence-electron chi connectivity index (χ1n) is 9.76. The molecule has 2 heterocycles. The molecule has 1 aromatic heterocycles. The summed E-state index contributed by atoms with van der Waals surface area (Å²) in [6, 6.07) is 10.1. The Balaban J connectivity index is 1.48. The lowest BCUT2D eigenvalue weighted by Gasteiger charge is -2.25. The van der Waals surface area contributed by atoms with Gasteiger partial charge in [-0.3, -0.25) is 19.3 Å². The third-order valence-electron chi connectivity index (χ3n) is 4.98. The van der Waals surface area contributed by atoms with Crippen LogP contribution in [0, 0.1) is 0 Å². The number of likely N-dealkylation sites (N-methyl/N-ethyl adjacent to an activating group) is 1. The zero-order valence-corrected chi connectivity index (χ0v) is 17.5. The van der Waals surface area contributed by atoms with Crippen LogP contribution in [0.2, 0.25) is 5.02 Å². The van der Waals surface area contributed by atoms with Crippen LogP contribution in [0.3, 0.4) is 0 Å². The van der Waals surface area contributed by atoms with Gasteiger partial charge in [0.15, 0.2) is 0 Å². The minimum Gasteiger partial charge on any atom is -0.467 e. The molecule has 0 aliphatic carbocycles.